The van der Waals surface area contributed by atoms with E-state index in [1.165, 1.54) is 11.1 Å². The van der Waals surface area contributed by atoms with Crippen molar-refractivity contribution in [1.82, 2.24) is 4.90 Å². The largest absolute Gasteiger partial charge is 0.496 e. The molecule has 1 aliphatic rings. The fourth-order valence-electron chi connectivity index (χ4n) is 3.04. The average molecular weight is 296 g/mol. The second-order valence-electron chi connectivity index (χ2n) is 5.22. The second-order valence-corrected chi connectivity index (χ2v) is 5.48. The summed E-state index contributed by atoms with van der Waals surface area (Å²) in [7, 11) is 1.71. The van der Waals surface area contributed by atoms with Crippen molar-refractivity contribution in [2.45, 2.75) is 38.6 Å². The van der Waals surface area contributed by atoms with Gasteiger partial charge in [-0.05, 0) is 42.9 Å². The number of amides is 1. The van der Waals surface area contributed by atoms with E-state index in [0.29, 0.717) is 0 Å². The summed E-state index contributed by atoms with van der Waals surface area (Å²) in [5.74, 6) is 1.08. The smallest absolute Gasteiger partial charge is 0.237 e. The van der Waals surface area contributed by atoms with Crippen LogP contribution < -0.4 is 4.74 Å². The first kappa shape index (κ1) is 15.2. The molecule has 0 heterocycles. The number of halogens is 1. The summed E-state index contributed by atoms with van der Waals surface area (Å²) in [6, 6.07) is 6.43. The van der Waals surface area contributed by atoms with Crippen molar-refractivity contribution in [3.05, 3.63) is 29.3 Å². The number of benzene rings is 1. The SMILES string of the molecule is CCCN(C(=O)CCl)[C@@H]1CCc2c(cccc2OC)C1. The number of hydrogen-bond acceptors (Lipinski definition) is 2. The Hall–Kier alpha value is -1.22. The van der Waals surface area contributed by atoms with E-state index in [-0.39, 0.29) is 17.8 Å². The van der Waals surface area contributed by atoms with Gasteiger partial charge in [0.25, 0.3) is 0 Å². The molecule has 0 aromatic heterocycles. The van der Waals surface area contributed by atoms with Crippen molar-refractivity contribution >= 4 is 17.5 Å². The molecule has 0 aliphatic heterocycles. The molecule has 0 saturated heterocycles. The van der Waals surface area contributed by atoms with Crippen LogP contribution in [0.15, 0.2) is 18.2 Å². The van der Waals surface area contributed by atoms with Crippen molar-refractivity contribution in [1.29, 1.82) is 0 Å². The molecule has 0 bridgehead atoms. The molecule has 0 N–H and O–H groups in total. The van der Waals surface area contributed by atoms with E-state index < -0.39 is 0 Å². The van der Waals surface area contributed by atoms with Crippen LogP contribution in [0.25, 0.3) is 0 Å². The van der Waals surface area contributed by atoms with Crippen molar-refractivity contribution in [3.63, 3.8) is 0 Å². The van der Waals surface area contributed by atoms with Crippen LogP contribution in [0, 0.1) is 0 Å². The third kappa shape index (κ3) is 3.09. The number of methoxy groups -OCH3 is 1. The highest BCUT2D eigenvalue weighted by Gasteiger charge is 2.27. The Morgan fingerprint density at radius 2 is 2.30 bits per heavy atom. The summed E-state index contributed by atoms with van der Waals surface area (Å²) < 4.78 is 5.42. The Morgan fingerprint density at radius 1 is 1.50 bits per heavy atom. The number of hydrogen-bond donors (Lipinski definition) is 0. The third-order valence-corrected chi connectivity index (χ3v) is 4.20. The molecule has 1 aromatic carbocycles. The minimum absolute atomic E-state index is 0.0462. The topological polar surface area (TPSA) is 29.5 Å². The van der Waals surface area contributed by atoms with Crippen LogP contribution >= 0.6 is 11.6 Å². The maximum atomic E-state index is 12.0. The highest BCUT2D eigenvalue weighted by atomic mass is 35.5. The van der Waals surface area contributed by atoms with Gasteiger partial charge in [0.15, 0.2) is 0 Å². The molecular weight excluding hydrogens is 274 g/mol. The minimum Gasteiger partial charge on any atom is -0.496 e. The molecule has 4 heteroatoms. The Labute approximate surface area is 125 Å². The van der Waals surface area contributed by atoms with Gasteiger partial charge in [-0.1, -0.05) is 19.1 Å². The number of carbonyl (C=O) groups is 1. The third-order valence-electron chi connectivity index (χ3n) is 3.97. The van der Waals surface area contributed by atoms with Gasteiger partial charge >= 0.3 is 0 Å². The van der Waals surface area contributed by atoms with Gasteiger partial charge in [-0.25, -0.2) is 0 Å². The van der Waals surface area contributed by atoms with E-state index in [9.17, 15) is 4.79 Å². The van der Waals surface area contributed by atoms with Crippen LogP contribution in [-0.4, -0.2) is 36.4 Å². The Kier molecular flexibility index (Phi) is 5.30. The molecule has 110 valence electrons. The monoisotopic (exact) mass is 295 g/mol. The summed E-state index contributed by atoms with van der Waals surface area (Å²) in [4.78, 5) is 14.0. The van der Waals surface area contributed by atoms with E-state index in [4.69, 9.17) is 16.3 Å². The van der Waals surface area contributed by atoms with Crippen LogP contribution in [0.5, 0.6) is 5.75 Å². The normalized spacial score (nSPS) is 17.4. The fraction of sp³-hybridized carbons (Fsp3) is 0.562. The number of nitrogens with zero attached hydrogens (tertiary/aromatic N) is 1. The molecule has 0 fully saturated rings. The molecule has 3 nitrogen and oxygen atoms in total. The quantitative estimate of drug-likeness (QED) is 0.782. The molecule has 1 atom stereocenters. The highest BCUT2D eigenvalue weighted by Crippen LogP contribution is 2.31. The first-order chi connectivity index (χ1) is 9.71. The van der Waals surface area contributed by atoms with Crippen molar-refractivity contribution < 1.29 is 9.53 Å². The van der Waals surface area contributed by atoms with Crippen molar-refractivity contribution in [2.75, 3.05) is 19.5 Å². The van der Waals surface area contributed by atoms with Gasteiger partial charge in [0, 0.05) is 12.6 Å². The lowest BCUT2D eigenvalue weighted by molar-refractivity contribution is -0.131. The van der Waals surface area contributed by atoms with E-state index in [1.54, 1.807) is 7.11 Å². The molecule has 0 saturated carbocycles. The first-order valence-corrected chi connectivity index (χ1v) is 7.74. The highest BCUT2D eigenvalue weighted by molar-refractivity contribution is 6.27. The molecule has 0 spiro atoms. The number of ether oxygens (including phenoxy) is 1. The van der Waals surface area contributed by atoms with Gasteiger partial charge in [0.05, 0.1) is 7.11 Å². The Morgan fingerprint density at radius 3 is 2.95 bits per heavy atom. The van der Waals surface area contributed by atoms with Crippen LogP contribution in [0.2, 0.25) is 0 Å². The van der Waals surface area contributed by atoms with E-state index >= 15 is 0 Å². The van der Waals surface area contributed by atoms with Gasteiger partial charge in [-0.3, -0.25) is 4.79 Å². The summed E-state index contributed by atoms with van der Waals surface area (Å²) in [6.07, 6.45) is 3.80. The first-order valence-electron chi connectivity index (χ1n) is 7.21. The number of fused-ring (bicyclic) bond motifs is 1. The molecule has 1 aromatic rings. The van der Waals surface area contributed by atoms with Crippen LogP contribution in [0.4, 0.5) is 0 Å². The van der Waals surface area contributed by atoms with Crippen molar-refractivity contribution in [2.24, 2.45) is 0 Å². The van der Waals surface area contributed by atoms with Gasteiger partial charge in [-0.15, -0.1) is 11.6 Å². The molecule has 0 radical (unpaired) electrons. The maximum absolute atomic E-state index is 12.0. The van der Waals surface area contributed by atoms with Crippen LogP contribution in [0.1, 0.15) is 30.9 Å². The van der Waals surface area contributed by atoms with Gasteiger partial charge < -0.3 is 9.64 Å². The molecular formula is C16H22ClNO2. The van der Waals surface area contributed by atoms with Gasteiger partial charge in [0.1, 0.15) is 11.6 Å². The summed E-state index contributed by atoms with van der Waals surface area (Å²) in [5.41, 5.74) is 2.59. The zero-order valence-electron chi connectivity index (χ0n) is 12.2. The molecule has 0 unspecified atom stereocenters. The Balaban J connectivity index is 2.19. The minimum atomic E-state index is 0.0462. The zero-order chi connectivity index (χ0) is 14.5. The average Bonchev–Trinajstić information content (AvgIpc) is 2.50. The van der Waals surface area contributed by atoms with E-state index in [1.807, 2.05) is 17.0 Å². The number of carbonyl (C=O) groups excluding carboxylic acids is 1. The standard InChI is InChI=1S/C16H22ClNO2/c1-3-9-18(16(19)11-17)13-7-8-14-12(10-13)5-4-6-15(14)20-2/h4-6,13H,3,7-11H2,1-2H3/t13-/m1/s1. The summed E-state index contributed by atoms with van der Waals surface area (Å²) in [5, 5.41) is 0. The lowest BCUT2D eigenvalue weighted by Crippen LogP contribution is -2.44. The van der Waals surface area contributed by atoms with Crippen molar-refractivity contribution in [3.8, 4) is 5.75 Å². The zero-order valence-corrected chi connectivity index (χ0v) is 12.9. The molecule has 1 amide bonds. The summed E-state index contributed by atoms with van der Waals surface area (Å²) >= 11 is 5.74. The van der Waals surface area contributed by atoms with E-state index in [0.717, 1.165) is 38.0 Å². The maximum Gasteiger partial charge on any atom is 0.237 e. The van der Waals surface area contributed by atoms with E-state index in [2.05, 4.69) is 13.0 Å². The predicted molar refractivity (Wildman–Crippen MR) is 81.5 cm³/mol. The van der Waals surface area contributed by atoms with Gasteiger partial charge in [-0.2, -0.15) is 0 Å². The molecule has 1 aliphatic carbocycles. The molecule has 20 heavy (non-hydrogen) atoms. The predicted octanol–water partition coefficient (Wildman–Crippen LogP) is 3.03. The van der Waals surface area contributed by atoms with Gasteiger partial charge in [0.2, 0.25) is 5.91 Å². The lowest BCUT2D eigenvalue weighted by atomic mass is 9.86. The molecule has 2 rings (SSSR count). The lowest BCUT2D eigenvalue weighted by Gasteiger charge is -2.35. The second kappa shape index (κ2) is 6.98. The summed E-state index contributed by atoms with van der Waals surface area (Å²) in [6.45, 7) is 2.88. The van der Waals surface area contributed by atoms with Crippen LogP contribution in [0.3, 0.4) is 0 Å². The number of rotatable bonds is 5. The Bertz CT molecular complexity index is 476. The number of alkyl halides is 1. The van der Waals surface area contributed by atoms with Crippen LogP contribution in [-0.2, 0) is 17.6 Å². The fourth-order valence-corrected chi connectivity index (χ4v) is 3.19.